The van der Waals surface area contributed by atoms with Crippen LogP contribution in [0.2, 0.25) is 0 Å². The molecule has 0 aromatic carbocycles. The molecule has 0 saturated carbocycles. The molecule has 0 aliphatic heterocycles. The topological polar surface area (TPSA) is 26.3 Å². The first-order chi connectivity index (χ1) is 5.85. The van der Waals surface area contributed by atoms with Gasteiger partial charge in [-0.3, -0.25) is 0 Å². The number of halogens is 4. The van der Waals surface area contributed by atoms with Crippen LogP contribution in [0, 0.1) is 0 Å². The van der Waals surface area contributed by atoms with E-state index in [4.69, 9.17) is 0 Å². The second-order valence-corrected chi connectivity index (χ2v) is 2.20. The molecular formula is C7H8F4O2. The van der Waals surface area contributed by atoms with Crippen LogP contribution in [-0.2, 0) is 9.53 Å². The Bertz CT molecular complexity index is 187. The van der Waals surface area contributed by atoms with E-state index in [0.29, 0.717) is 6.08 Å². The quantitative estimate of drug-likeness (QED) is 0.395. The average molecular weight is 200 g/mol. The lowest BCUT2D eigenvalue weighted by Crippen LogP contribution is -2.16. The molecule has 76 valence electrons. The van der Waals surface area contributed by atoms with Crippen molar-refractivity contribution in [3.63, 3.8) is 0 Å². The van der Waals surface area contributed by atoms with E-state index in [2.05, 4.69) is 11.3 Å². The average Bonchev–Trinajstić information content (AvgIpc) is 1.99. The number of ether oxygens (including phenoxy) is 1. The predicted octanol–water partition coefficient (Wildman–Crippen LogP) is 2.35. The van der Waals surface area contributed by atoms with Crippen LogP contribution in [0.5, 0.6) is 0 Å². The smallest absolute Gasteiger partial charge is 0.389 e. The van der Waals surface area contributed by atoms with Crippen LogP contribution in [0.15, 0.2) is 12.7 Å². The Hall–Kier alpha value is -1.07. The molecule has 0 heterocycles. The summed E-state index contributed by atoms with van der Waals surface area (Å²) in [5.41, 5.74) is 0. The van der Waals surface area contributed by atoms with Gasteiger partial charge in [0.05, 0.1) is 0 Å². The summed E-state index contributed by atoms with van der Waals surface area (Å²) in [4.78, 5) is 10.3. The summed E-state index contributed by atoms with van der Waals surface area (Å²) in [6.45, 7) is 2.96. The van der Waals surface area contributed by atoms with E-state index in [-0.39, 0.29) is 0 Å². The van der Waals surface area contributed by atoms with E-state index in [9.17, 15) is 22.4 Å². The van der Waals surface area contributed by atoms with E-state index in [1.54, 1.807) is 0 Å². The van der Waals surface area contributed by atoms with Crippen molar-refractivity contribution in [3.8, 4) is 0 Å². The maximum absolute atomic E-state index is 12.4. The summed E-state index contributed by atoms with van der Waals surface area (Å²) in [7, 11) is 0. The molecule has 0 spiro atoms. The predicted molar refractivity (Wildman–Crippen MR) is 36.5 cm³/mol. The van der Waals surface area contributed by atoms with E-state index < -0.39 is 31.3 Å². The summed E-state index contributed by atoms with van der Waals surface area (Å²) >= 11 is 0. The van der Waals surface area contributed by atoms with Crippen molar-refractivity contribution >= 4 is 5.97 Å². The van der Waals surface area contributed by atoms with E-state index >= 15 is 0 Å². The molecule has 0 aromatic rings. The number of alkyl halides is 4. The molecule has 0 saturated heterocycles. The second kappa shape index (κ2) is 4.84. The number of hydrogen-bond donors (Lipinski definition) is 0. The fourth-order valence-corrected chi connectivity index (χ4v) is 0.510. The molecule has 13 heavy (non-hydrogen) atoms. The van der Waals surface area contributed by atoms with Crippen LogP contribution in [0.3, 0.4) is 0 Å². The molecule has 0 radical (unpaired) electrons. The van der Waals surface area contributed by atoms with Crippen LogP contribution in [0.1, 0.15) is 12.8 Å². The summed E-state index contributed by atoms with van der Waals surface area (Å²) < 4.78 is 50.8. The first-order valence-corrected chi connectivity index (χ1v) is 3.39. The Morgan fingerprint density at radius 1 is 1.54 bits per heavy atom. The van der Waals surface area contributed by atoms with Gasteiger partial charge in [-0.25, -0.2) is 9.18 Å². The molecule has 0 N–H and O–H groups in total. The van der Waals surface area contributed by atoms with Gasteiger partial charge in [0.2, 0.25) is 6.36 Å². The zero-order valence-electron chi connectivity index (χ0n) is 6.60. The minimum atomic E-state index is -4.44. The van der Waals surface area contributed by atoms with E-state index in [1.165, 1.54) is 0 Å². The number of carbonyl (C=O) groups is 1. The molecule has 0 fully saturated rings. The van der Waals surface area contributed by atoms with Crippen molar-refractivity contribution in [2.45, 2.75) is 25.4 Å². The molecule has 1 atom stereocenters. The molecular weight excluding hydrogens is 192 g/mol. The van der Waals surface area contributed by atoms with Gasteiger partial charge in [0.15, 0.2) is 0 Å². The third-order valence-electron chi connectivity index (χ3n) is 1.07. The van der Waals surface area contributed by atoms with Gasteiger partial charge in [-0.05, 0) is 0 Å². The summed E-state index contributed by atoms with van der Waals surface area (Å²) in [5.74, 6) is -1.07. The van der Waals surface area contributed by atoms with Crippen molar-refractivity contribution < 1.29 is 27.1 Å². The maximum atomic E-state index is 12.4. The SMILES string of the molecule is C=CC(=O)OC(F)CCC(F)(F)F. The molecule has 0 amide bonds. The maximum Gasteiger partial charge on any atom is 0.389 e. The highest BCUT2D eigenvalue weighted by Crippen LogP contribution is 2.23. The zero-order valence-corrected chi connectivity index (χ0v) is 6.60. The highest BCUT2D eigenvalue weighted by atomic mass is 19.4. The first kappa shape index (κ1) is 11.9. The second-order valence-electron chi connectivity index (χ2n) is 2.20. The van der Waals surface area contributed by atoms with Crippen molar-refractivity contribution in [3.05, 3.63) is 12.7 Å². The van der Waals surface area contributed by atoms with Gasteiger partial charge in [-0.2, -0.15) is 13.2 Å². The van der Waals surface area contributed by atoms with Gasteiger partial charge in [0.25, 0.3) is 0 Å². The Kier molecular flexibility index (Phi) is 4.44. The zero-order chi connectivity index (χ0) is 10.5. The molecule has 0 aromatic heterocycles. The van der Waals surface area contributed by atoms with Gasteiger partial charge >= 0.3 is 12.1 Å². The largest absolute Gasteiger partial charge is 0.428 e. The first-order valence-electron chi connectivity index (χ1n) is 3.39. The Morgan fingerprint density at radius 3 is 2.46 bits per heavy atom. The van der Waals surface area contributed by atoms with Crippen molar-refractivity contribution in [1.29, 1.82) is 0 Å². The molecule has 0 bridgehead atoms. The molecule has 6 heteroatoms. The Balaban J connectivity index is 3.69. The summed E-state index contributed by atoms with van der Waals surface area (Å²) in [5, 5.41) is 0. The fourth-order valence-electron chi connectivity index (χ4n) is 0.510. The van der Waals surface area contributed by atoms with Gasteiger partial charge < -0.3 is 4.74 Å². The van der Waals surface area contributed by atoms with Crippen LogP contribution < -0.4 is 0 Å². The van der Waals surface area contributed by atoms with Crippen LogP contribution in [-0.4, -0.2) is 18.5 Å². The fraction of sp³-hybridized carbons (Fsp3) is 0.571. The van der Waals surface area contributed by atoms with Crippen LogP contribution >= 0.6 is 0 Å². The third kappa shape index (κ3) is 7.30. The standard InChI is InChI=1S/C7H8F4O2/c1-2-6(12)13-5(8)3-4-7(9,10)11/h2,5H,1,3-4H2. The van der Waals surface area contributed by atoms with Gasteiger partial charge in [-0.15, -0.1) is 0 Å². The van der Waals surface area contributed by atoms with Crippen molar-refractivity contribution in [2.24, 2.45) is 0 Å². The minimum Gasteiger partial charge on any atom is -0.428 e. The van der Waals surface area contributed by atoms with Crippen molar-refractivity contribution in [1.82, 2.24) is 0 Å². The van der Waals surface area contributed by atoms with Gasteiger partial charge in [0.1, 0.15) is 0 Å². The Morgan fingerprint density at radius 2 is 2.08 bits per heavy atom. The molecule has 0 aliphatic rings. The van der Waals surface area contributed by atoms with Crippen LogP contribution in [0.25, 0.3) is 0 Å². The number of rotatable bonds is 4. The summed E-state index contributed by atoms with van der Waals surface area (Å²) in [6.07, 6.45) is -8.20. The lowest BCUT2D eigenvalue weighted by Gasteiger charge is -2.09. The lowest BCUT2D eigenvalue weighted by molar-refractivity contribution is -0.164. The normalized spacial score (nSPS) is 13.5. The lowest BCUT2D eigenvalue weighted by atomic mass is 10.3. The monoisotopic (exact) mass is 200 g/mol. The molecule has 0 rings (SSSR count). The van der Waals surface area contributed by atoms with Crippen LogP contribution in [0.4, 0.5) is 17.6 Å². The minimum absolute atomic E-state index is 0.681. The van der Waals surface area contributed by atoms with Gasteiger partial charge in [0, 0.05) is 18.9 Å². The number of carbonyl (C=O) groups excluding carboxylic acids is 1. The van der Waals surface area contributed by atoms with Gasteiger partial charge in [-0.1, -0.05) is 6.58 Å². The number of esters is 1. The molecule has 1 unspecified atom stereocenters. The van der Waals surface area contributed by atoms with Crippen molar-refractivity contribution in [2.75, 3.05) is 0 Å². The number of hydrogen-bond acceptors (Lipinski definition) is 2. The highest BCUT2D eigenvalue weighted by Gasteiger charge is 2.29. The third-order valence-corrected chi connectivity index (χ3v) is 1.07. The van der Waals surface area contributed by atoms with E-state index in [0.717, 1.165) is 0 Å². The Labute approximate surface area is 72.2 Å². The highest BCUT2D eigenvalue weighted by molar-refractivity contribution is 5.81. The molecule has 2 nitrogen and oxygen atoms in total. The van der Waals surface area contributed by atoms with E-state index in [1.807, 2.05) is 0 Å². The molecule has 0 aliphatic carbocycles. The summed E-state index contributed by atoms with van der Waals surface area (Å²) in [6, 6.07) is 0.